The molecule has 0 aromatic rings. The number of rotatable bonds is 12. The van der Waals surface area contributed by atoms with Gasteiger partial charge in [0.15, 0.2) is 0 Å². The van der Waals surface area contributed by atoms with Crippen molar-refractivity contribution in [2.45, 2.75) is 75.5 Å². The van der Waals surface area contributed by atoms with Crippen LogP contribution in [0.3, 0.4) is 0 Å². The van der Waals surface area contributed by atoms with Crippen molar-refractivity contribution in [1.29, 1.82) is 0 Å². The number of quaternary nitrogens is 1. The molecule has 0 aromatic carbocycles. The van der Waals surface area contributed by atoms with Crippen LogP contribution < -0.4 is 0 Å². The van der Waals surface area contributed by atoms with Crippen molar-refractivity contribution >= 4 is 11.4 Å². The Hall–Kier alpha value is -1.16. The van der Waals surface area contributed by atoms with E-state index in [-0.39, 0.29) is 0 Å². The van der Waals surface area contributed by atoms with Crippen LogP contribution in [0.5, 0.6) is 0 Å². The first-order chi connectivity index (χ1) is 16.4. The summed E-state index contributed by atoms with van der Waals surface area (Å²) in [6.45, 7) is 14.2. The summed E-state index contributed by atoms with van der Waals surface area (Å²) >= 11 is -4.97. The monoisotopic (exact) mass is 629 g/mol. The molecule has 0 aromatic heterocycles. The molecular formula is C16H20F17NO3S. The Labute approximate surface area is 206 Å². The fourth-order valence-electron chi connectivity index (χ4n) is 2.63. The van der Waals surface area contributed by atoms with E-state index in [4.69, 9.17) is 0 Å². The summed E-state index contributed by atoms with van der Waals surface area (Å²) in [6.07, 6.45) is -15.2. The van der Waals surface area contributed by atoms with E-state index in [1.807, 2.05) is 0 Å². The van der Waals surface area contributed by atoms with Crippen molar-refractivity contribution in [2.75, 3.05) is 26.2 Å². The summed E-state index contributed by atoms with van der Waals surface area (Å²) in [4.78, 5) is 0. The van der Waals surface area contributed by atoms with Crippen LogP contribution in [0.4, 0.5) is 74.6 Å². The number of nitrogens with zero attached hydrogens (tertiary/aromatic N) is 1. The quantitative estimate of drug-likeness (QED) is 0.138. The molecule has 0 fully saturated rings. The van der Waals surface area contributed by atoms with Crippen LogP contribution in [0.2, 0.25) is 0 Å². The predicted octanol–water partition coefficient (Wildman–Crippen LogP) is 6.65. The Morgan fingerprint density at radius 2 is 0.763 bits per heavy atom. The highest BCUT2D eigenvalue weighted by Gasteiger charge is 2.95. The van der Waals surface area contributed by atoms with Gasteiger partial charge >= 0.3 is 47.8 Å². The lowest BCUT2D eigenvalue weighted by molar-refractivity contribution is -0.921. The highest BCUT2D eigenvalue weighted by atomic mass is 32.2. The lowest BCUT2D eigenvalue weighted by Crippen LogP contribution is -2.74. The summed E-state index contributed by atoms with van der Waals surface area (Å²) in [5.41, 5.74) is 0. The Morgan fingerprint density at radius 3 is 0.947 bits per heavy atom. The lowest BCUT2D eigenvalue weighted by Gasteiger charge is -2.42. The standard InChI is InChI=1S/C8HF17O3S.C8H20N/c9-1(10,3(13,14)5(17,18)7(21,22)23)2(11,12)4(15,16)6(19,20)8(24,25)28-29(26)27;1-5-9(6-2,7-3)8-4/h(H,26,27);5-8H2,1-4H3/q;+1/p-1. The van der Waals surface area contributed by atoms with Crippen molar-refractivity contribution in [1.82, 2.24) is 0 Å². The van der Waals surface area contributed by atoms with Crippen molar-refractivity contribution in [2.24, 2.45) is 0 Å². The van der Waals surface area contributed by atoms with Gasteiger partial charge in [0.25, 0.3) is 0 Å². The topological polar surface area (TPSA) is 49.4 Å². The molecule has 0 amide bonds. The van der Waals surface area contributed by atoms with Crippen LogP contribution in [0, 0.1) is 0 Å². The number of halogens is 17. The molecule has 0 N–H and O–H groups in total. The molecule has 0 spiro atoms. The van der Waals surface area contributed by atoms with E-state index in [1.54, 1.807) is 4.18 Å². The van der Waals surface area contributed by atoms with E-state index in [0.29, 0.717) is 0 Å². The van der Waals surface area contributed by atoms with Gasteiger partial charge < -0.3 is 9.04 Å². The minimum atomic E-state index is -8.78. The van der Waals surface area contributed by atoms with Crippen molar-refractivity contribution < 1.29 is 92.1 Å². The van der Waals surface area contributed by atoms with Gasteiger partial charge in [0, 0.05) is 0 Å². The van der Waals surface area contributed by atoms with Gasteiger partial charge in [-0.2, -0.15) is 74.6 Å². The highest BCUT2D eigenvalue weighted by Crippen LogP contribution is 2.64. The molecule has 0 saturated carbocycles. The maximum atomic E-state index is 13.1. The molecule has 0 heterocycles. The fraction of sp³-hybridized carbons (Fsp3) is 1.00. The third kappa shape index (κ3) is 6.42. The Kier molecular flexibility index (Phi) is 12.1. The van der Waals surface area contributed by atoms with E-state index in [0.717, 1.165) is 0 Å². The molecule has 0 bridgehead atoms. The van der Waals surface area contributed by atoms with Crippen LogP contribution in [0.25, 0.3) is 0 Å². The maximum absolute atomic E-state index is 13.1. The average Bonchev–Trinajstić information content (AvgIpc) is 2.73. The molecule has 0 aliphatic heterocycles. The first-order valence-corrected chi connectivity index (χ1v) is 10.8. The smallest absolute Gasteiger partial charge is 0.460 e. The molecule has 38 heavy (non-hydrogen) atoms. The van der Waals surface area contributed by atoms with Gasteiger partial charge in [0.05, 0.1) is 37.5 Å². The molecule has 232 valence electrons. The zero-order chi connectivity index (χ0) is 31.6. The number of hydrogen-bond donors (Lipinski definition) is 0. The first kappa shape index (κ1) is 39.0. The summed E-state index contributed by atoms with van der Waals surface area (Å²) in [7, 11) is 0. The lowest BCUT2D eigenvalue weighted by atomic mass is 9.91. The molecule has 1 atom stereocenters. The third-order valence-electron chi connectivity index (χ3n) is 5.55. The van der Waals surface area contributed by atoms with E-state index in [2.05, 4.69) is 27.7 Å². The van der Waals surface area contributed by atoms with Gasteiger partial charge in [-0.1, -0.05) is 0 Å². The average molecular weight is 629 g/mol. The molecule has 0 radical (unpaired) electrons. The van der Waals surface area contributed by atoms with E-state index in [1.165, 1.54) is 30.7 Å². The minimum absolute atomic E-state index is 1.28. The van der Waals surface area contributed by atoms with Gasteiger partial charge in [0.2, 0.25) is 0 Å². The van der Waals surface area contributed by atoms with Crippen molar-refractivity contribution in [3.63, 3.8) is 0 Å². The van der Waals surface area contributed by atoms with E-state index < -0.39 is 59.2 Å². The van der Waals surface area contributed by atoms with E-state index >= 15 is 0 Å². The molecule has 0 rings (SSSR count). The van der Waals surface area contributed by atoms with Crippen LogP contribution >= 0.6 is 0 Å². The van der Waals surface area contributed by atoms with Crippen molar-refractivity contribution in [3.05, 3.63) is 0 Å². The van der Waals surface area contributed by atoms with Gasteiger partial charge in [-0.25, -0.2) is 8.39 Å². The van der Waals surface area contributed by atoms with Gasteiger partial charge in [-0.3, -0.25) is 0 Å². The van der Waals surface area contributed by atoms with E-state index in [9.17, 15) is 83.4 Å². The minimum Gasteiger partial charge on any atom is -0.750 e. The molecule has 0 aliphatic rings. The Bertz CT molecular complexity index is 779. The summed E-state index contributed by atoms with van der Waals surface area (Å²) in [6, 6.07) is 0. The molecule has 0 aliphatic carbocycles. The zero-order valence-electron chi connectivity index (χ0n) is 19.3. The molecule has 22 heteroatoms. The maximum Gasteiger partial charge on any atom is 0.460 e. The SMILES string of the molecule is CC[N+](CC)(CC)CC.O=S([O-])OC(F)(F)C(F)(F)C(F)(F)C(F)(F)C(F)(F)C(F)(F)C(F)(F)C(F)(F)F. The zero-order valence-corrected chi connectivity index (χ0v) is 20.2. The summed E-state index contributed by atoms with van der Waals surface area (Å²) < 4.78 is 237. The van der Waals surface area contributed by atoms with Crippen molar-refractivity contribution in [3.8, 4) is 0 Å². The molecular weight excluding hydrogens is 609 g/mol. The van der Waals surface area contributed by atoms with Crippen LogP contribution in [0.15, 0.2) is 0 Å². The van der Waals surface area contributed by atoms with Gasteiger partial charge in [-0.15, -0.1) is 0 Å². The van der Waals surface area contributed by atoms with Crippen LogP contribution in [-0.4, -0.2) is 87.2 Å². The first-order valence-electron chi connectivity index (χ1n) is 9.76. The van der Waals surface area contributed by atoms with Gasteiger partial charge in [-0.05, 0) is 27.7 Å². The second-order valence-electron chi connectivity index (χ2n) is 7.35. The fourth-order valence-corrected chi connectivity index (χ4v) is 2.90. The number of alkyl halides is 17. The number of hydrogen-bond acceptors (Lipinski definition) is 3. The normalized spacial score (nSPS) is 16.2. The highest BCUT2D eigenvalue weighted by molar-refractivity contribution is 7.74. The Balaban J connectivity index is 0. The predicted molar refractivity (Wildman–Crippen MR) is 93.1 cm³/mol. The second-order valence-corrected chi connectivity index (χ2v) is 7.93. The second kappa shape index (κ2) is 11.8. The molecule has 1 unspecified atom stereocenters. The van der Waals surface area contributed by atoms with Crippen LogP contribution in [0.1, 0.15) is 27.7 Å². The molecule has 4 nitrogen and oxygen atoms in total. The van der Waals surface area contributed by atoms with Gasteiger partial charge in [0.1, 0.15) is 0 Å². The Morgan fingerprint density at radius 1 is 0.526 bits per heavy atom. The molecule has 0 saturated heterocycles. The summed E-state index contributed by atoms with van der Waals surface area (Å²) in [5.74, 6) is -51.2. The largest absolute Gasteiger partial charge is 0.750 e. The third-order valence-corrected chi connectivity index (χ3v) is 5.89. The summed E-state index contributed by atoms with van der Waals surface area (Å²) in [5, 5.41) is 0. The van der Waals surface area contributed by atoms with Crippen LogP contribution in [-0.2, 0) is 15.5 Å².